The van der Waals surface area contributed by atoms with Crippen LogP contribution < -0.4 is 0 Å². The molecule has 1 aliphatic carbocycles. The fourth-order valence-electron chi connectivity index (χ4n) is 2.20. The normalized spacial score (nSPS) is 16.9. The maximum Gasteiger partial charge on any atom is 0.155 e. The third kappa shape index (κ3) is 2.85. The van der Waals surface area contributed by atoms with Gasteiger partial charge in [-0.2, -0.15) is 0 Å². The second kappa shape index (κ2) is 4.48. The summed E-state index contributed by atoms with van der Waals surface area (Å²) in [6.45, 7) is 6.64. The summed E-state index contributed by atoms with van der Waals surface area (Å²) in [7, 11) is 0. The van der Waals surface area contributed by atoms with Gasteiger partial charge in [-0.25, -0.2) is 0 Å². The molecule has 1 nitrogen and oxygen atoms in total. The molecule has 2 rings (SSSR count). The number of carbonyl (C=O) groups is 1. The highest BCUT2D eigenvalue weighted by Crippen LogP contribution is 2.28. The highest BCUT2D eigenvalue weighted by atomic mass is 16.1. The summed E-state index contributed by atoms with van der Waals surface area (Å²) in [5.74, 6) is 0.270. The average molecular weight is 228 g/mol. The SMILES string of the molecule is CC(C)(C)c1ccc(C2=CC(=O)CCC2)cc1. The minimum absolute atomic E-state index is 0.190. The van der Waals surface area contributed by atoms with Crippen molar-refractivity contribution in [3.63, 3.8) is 0 Å². The first kappa shape index (κ1) is 12.1. The van der Waals surface area contributed by atoms with Gasteiger partial charge in [-0.3, -0.25) is 4.79 Å². The molecule has 0 unspecified atom stereocenters. The van der Waals surface area contributed by atoms with Gasteiger partial charge in [0.2, 0.25) is 0 Å². The summed E-state index contributed by atoms with van der Waals surface area (Å²) in [6.07, 6.45) is 4.55. The lowest BCUT2D eigenvalue weighted by Gasteiger charge is -2.20. The van der Waals surface area contributed by atoms with E-state index in [-0.39, 0.29) is 11.2 Å². The summed E-state index contributed by atoms with van der Waals surface area (Å²) in [5, 5.41) is 0. The van der Waals surface area contributed by atoms with Crippen molar-refractivity contribution >= 4 is 11.4 Å². The molecule has 0 radical (unpaired) electrons. The highest BCUT2D eigenvalue weighted by molar-refractivity contribution is 5.98. The lowest BCUT2D eigenvalue weighted by molar-refractivity contribution is -0.114. The third-order valence-electron chi connectivity index (χ3n) is 3.33. The molecule has 0 aromatic heterocycles. The van der Waals surface area contributed by atoms with E-state index in [1.165, 1.54) is 16.7 Å². The smallest absolute Gasteiger partial charge is 0.155 e. The van der Waals surface area contributed by atoms with Crippen LogP contribution in [-0.2, 0) is 10.2 Å². The van der Waals surface area contributed by atoms with Gasteiger partial charge in [-0.1, -0.05) is 45.0 Å². The Morgan fingerprint density at radius 2 is 1.65 bits per heavy atom. The second-order valence-corrected chi connectivity index (χ2v) is 5.82. The van der Waals surface area contributed by atoms with Crippen LogP contribution in [-0.4, -0.2) is 5.78 Å². The maximum atomic E-state index is 11.4. The minimum atomic E-state index is 0.190. The Hall–Kier alpha value is -1.37. The number of hydrogen-bond donors (Lipinski definition) is 0. The standard InChI is InChI=1S/C16H20O/c1-16(2,3)14-9-7-12(8-10-14)13-5-4-6-15(17)11-13/h7-11H,4-6H2,1-3H3. The molecule has 0 amide bonds. The number of allylic oxidation sites excluding steroid dienone is 2. The molecule has 17 heavy (non-hydrogen) atoms. The van der Waals surface area contributed by atoms with Crippen molar-refractivity contribution in [3.8, 4) is 0 Å². The van der Waals surface area contributed by atoms with Gasteiger partial charge in [0.25, 0.3) is 0 Å². The van der Waals surface area contributed by atoms with Crippen LogP contribution in [0.4, 0.5) is 0 Å². The summed E-state index contributed by atoms with van der Waals surface area (Å²) < 4.78 is 0. The van der Waals surface area contributed by atoms with Crippen molar-refractivity contribution < 1.29 is 4.79 Å². The Kier molecular flexibility index (Phi) is 3.19. The third-order valence-corrected chi connectivity index (χ3v) is 3.33. The summed E-state index contributed by atoms with van der Waals surface area (Å²) in [4.78, 5) is 11.4. The van der Waals surface area contributed by atoms with Crippen molar-refractivity contribution in [2.75, 3.05) is 0 Å². The molecule has 0 spiro atoms. The van der Waals surface area contributed by atoms with E-state index in [9.17, 15) is 4.79 Å². The zero-order valence-electron chi connectivity index (χ0n) is 10.9. The largest absolute Gasteiger partial charge is 0.295 e. The summed E-state index contributed by atoms with van der Waals surface area (Å²) in [6, 6.07) is 8.64. The fraction of sp³-hybridized carbons (Fsp3) is 0.438. The summed E-state index contributed by atoms with van der Waals surface area (Å²) >= 11 is 0. The van der Waals surface area contributed by atoms with Gasteiger partial charge in [0.15, 0.2) is 5.78 Å². The molecular weight excluding hydrogens is 208 g/mol. The zero-order chi connectivity index (χ0) is 12.5. The van der Waals surface area contributed by atoms with E-state index in [1.807, 2.05) is 6.08 Å². The quantitative estimate of drug-likeness (QED) is 0.706. The van der Waals surface area contributed by atoms with Crippen molar-refractivity contribution in [2.45, 2.75) is 45.4 Å². The lowest BCUT2D eigenvalue weighted by atomic mass is 9.85. The molecule has 0 atom stereocenters. The second-order valence-electron chi connectivity index (χ2n) is 5.82. The molecule has 1 heteroatoms. The van der Waals surface area contributed by atoms with Crippen LogP contribution >= 0.6 is 0 Å². The van der Waals surface area contributed by atoms with Gasteiger partial charge in [-0.05, 0) is 41.0 Å². The van der Waals surface area contributed by atoms with Gasteiger partial charge < -0.3 is 0 Å². The first-order chi connectivity index (χ1) is 7.97. The van der Waals surface area contributed by atoms with Gasteiger partial charge in [0.1, 0.15) is 0 Å². The van der Waals surface area contributed by atoms with E-state index < -0.39 is 0 Å². The van der Waals surface area contributed by atoms with E-state index in [2.05, 4.69) is 45.0 Å². The lowest BCUT2D eigenvalue weighted by Crippen LogP contribution is -2.10. The maximum absolute atomic E-state index is 11.4. The van der Waals surface area contributed by atoms with Crippen molar-refractivity contribution in [2.24, 2.45) is 0 Å². The number of carbonyl (C=O) groups excluding carboxylic acids is 1. The molecule has 1 aromatic rings. The van der Waals surface area contributed by atoms with E-state index >= 15 is 0 Å². The van der Waals surface area contributed by atoms with Gasteiger partial charge in [0, 0.05) is 6.42 Å². The Bertz CT molecular complexity index is 443. The molecule has 1 aromatic carbocycles. The van der Waals surface area contributed by atoms with E-state index in [0.29, 0.717) is 6.42 Å². The molecule has 0 bridgehead atoms. The molecule has 0 N–H and O–H groups in total. The topological polar surface area (TPSA) is 17.1 Å². The van der Waals surface area contributed by atoms with Crippen LogP contribution in [0.1, 0.15) is 51.2 Å². The van der Waals surface area contributed by atoms with Crippen LogP contribution in [0.15, 0.2) is 30.3 Å². The van der Waals surface area contributed by atoms with Crippen LogP contribution in [0.25, 0.3) is 5.57 Å². The number of ketones is 1. The molecule has 0 saturated heterocycles. The van der Waals surface area contributed by atoms with Crippen molar-refractivity contribution in [1.82, 2.24) is 0 Å². The zero-order valence-corrected chi connectivity index (χ0v) is 10.9. The molecule has 90 valence electrons. The van der Waals surface area contributed by atoms with Crippen LogP contribution in [0.3, 0.4) is 0 Å². The van der Waals surface area contributed by atoms with Gasteiger partial charge in [0.05, 0.1) is 0 Å². The van der Waals surface area contributed by atoms with Crippen molar-refractivity contribution in [1.29, 1.82) is 0 Å². The average Bonchev–Trinajstić information content (AvgIpc) is 2.28. The molecule has 0 heterocycles. The van der Waals surface area contributed by atoms with Gasteiger partial charge >= 0.3 is 0 Å². The molecular formula is C16H20O. The monoisotopic (exact) mass is 228 g/mol. The molecule has 1 aliphatic rings. The Morgan fingerprint density at radius 3 is 2.18 bits per heavy atom. The Balaban J connectivity index is 2.27. The van der Waals surface area contributed by atoms with Crippen LogP contribution in [0, 0.1) is 0 Å². The number of rotatable bonds is 1. The Morgan fingerprint density at radius 1 is 1.00 bits per heavy atom. The Labute approximate surface area is 104 Å². The number of hydrogen-bond acceptors (Lipinski definition) is 1. The van der Waals surface area contributed by atoms with Crippen molar-refractivity contribution in [3.05, 3.63) is 41.5 Å². The minimum Gasteiger partial charge on any atom is -0.295 e. The predicted octanol–water partition coefficient (Wildman–Crippen LogP) is 4.12. The molecule has 0 aliphatic heterocycles. The summed E-state index contributed by atoms with van der Waals surface area (Å²) in [5.41, 5.74) is 3.92. The molecule has 0 saturated carbocycles. The van der Waals surface area contributed by atoms with Crippen LogP contribution in [0.5, 0.6) is 0 Å². The van der Waals surface area contributed by atoms with E-state index in [0.717, 1.165) is 12.8 Å². The molecule has 0 fully saturated rings. The first-order valence-corrected chi connectivity index (χ1v) is 6.31. The predicted molar refractivity (Wildman–Crippen MR) is 72.0 cm³/mol. The fourth-order valence-corrected chi connectivity index (χ4v) is 2.20. The van der Waals surface area contributed by atoms with E-state index in [1.54, 1.807) is 0 Å². The van der Waals surface area contributed by atoms with Crippen LogP contribution in [0.2, 0.25) is 0 Å². The number of benzene rings is 1. The highest BCUT2D eigenvalue weighted by Gasteiger charge is 2.15. The van der Waals surface area contributed by atoms with Gasteiger partial charge in [-0.15, -0.1) is 0 Å². The van der Waals surface area contributed by atoms with E-state index in [4.69, 9.17) is 0 Å². The first-order valence-electron chi connectivity index (χ1n) is 6.31.